The molecule has 1 fully saturated rings. The second-order valence-electron chi connectivity index (χ2n) is 6.91. The molecular weight excluding hydrogens is 379 g/mol. The fraction of sp³-hybridized carbons (Fsp3) is 0.400. The largest absolute Gasteiger partial charge is 0.337 e. The zero-order chi connectivity index (χ0) is 19.7. The maximum atomic E-state index is 14.1. The summed E-state index contributed by atoms with van der Waals surface area (Å²) in [6, 6.07) is 9.68. The lowest BCUT2D eigenvalue weighted by atomic mass is 10.0. The number of fused-ring (bicyclic) bond motifs is 1. The smallest absolute Gasteiger partial charge is 0.311 e. The molecule has 28 heavy (non-hydrogen) atoms. The van der Waals surface area contributed by atoms with Gasteiger partial charge in [0.05, 0.1) is 11.7 Å². The molecule has 146 valence electrons. The van der Waals surface area contributed by atoms with Crippen molar-refractivity contribution in [3.05, 3.63) is 57.8 Å². The Labute approximate surface area is 165 Å². The van der Waals surface area contributed by atoms with Crippen LogP contribution in [-0.4, -0.2) is 33.0 Å². The van der Waals surface area contributed by atoms with Crippen LogP contribution >= 0.6 is 11.3 Å². The molecule has 1 atom stereocenters. The van der Waals surface area contributed by atoms with E-state index in [1.807, 2.05) is 35.2 Å². The number of carbonyl (C=O) groups excluding carboxylic acids is 1. The van der Waals surface area contributed by atoms with Crippen LogP contribution in [0.5, 0.6) is 0 Å². The highest BCUT2D eigenvalue weighted by Gasteiger charge is 2.32. The summed E-state index contributed by atoms with van der Waals surface area (Å²) in [6.45, 7) is 2.45. The molecule has 0 spiro atoms. The molecule has 2 aromatic heterocycles. The first-order valence-electron chi connectivity index (χ1n) is 9.50. The Morgan fingerprint density at radius 3 is 2.86 bits per heavy atom. The molecule has 0 aliphatic carbocycles. The van der Waals surface area contributed by atoms with Crippen molar-refractivity contribution in [2.24, 2.45) is 0 Å². The third-order valence-corrected chi connectivity index (χ3v) is 6.07. The Balaban J connectivity index is 1.57. The highest BCUT2D eigenvalue weighted by atomic mass is 32.1. The van der Waals surface area contributed by atoms with Gasteiger partial charge in [-0.05, 0) is 31.2 Å². The molecule has 0 amide bonds. The minimum atomic E-state index is -0.853. The van der Waals surface area contributed by atoms with Crippen LogP contribution in [0.15, 0.2) is 35.1 Å². The Morgan fingerprint density at radius 2 is 2.11 bits per heavy atom. The van der Waals surface area contributed by atoms with Crippen molar-refractivity contribution in [1.82, 2.24) is 14.6 Å². The van der Waals surface area contributed by atoms with Gasteiger partial charge in [0, 0.05) is 13.0 Å². The predicted octanol–water partition coefficient (Wildman–Crippen LogP) is 3.02. The molecule has 3 heterocycles. The molecule has 8 heteroatoms. The summed E-state index contributed by atoms with van der Waals surface area (Å²) in [5, 5.41) is 4.82. The lowest BCUT2D eigenvalue weighted by molar-refractivity contribution is -0.120. The Morgan fingerprint density at radius 1 is 1.32 bits per heavy atom. The van der Waals surface area contributed by atoms with Gasteiger partial charge in [-0.25, -0.2) is 4.98 Å². The second-order valence-corrected chi connectivity index (χ2v) is 7.85. The number of anilines is 1. The van der Waals surface area contributed by atoms with Gasteiger partial charge < -0.3 is 4.90 Å². The number of benzene rings is 1. The number of hydrogen-bond acceptors (Lipinski definition) is 6. The maximum absolute atomic E-state index is 14.1. The molecule has 1 aliphatic rings. The van der Waals surface area contributed by atoms with Crippen LogP contribution in [0.1, 0.15) is 37.4 Å². The van der Waals surface area contributed by atoms with Crippen molar-refractivity contribution in [2.75, 3.05) is 11.4 Å². The van der Waals surface area contributed by atoms with Gasteiger partial charge in [-0.3, -0.25) is 9.59 Å². The molecule has 0 bridgehead atoms. The number of aryl methyl sites for hydroxylation is 2. The van der Waals surface area contributed by atoms with Crippen LogP contribution in [0.2, 0.25) is 0 Å². The van der Waals surface area contributed by atoms with E-state index >= 15 is 0 Å². The van der Waals surface area contributed by atoms with Gasteiger partial charge in [-0.15, -0.1) is 5.10 Å². The van der Waals surface area contributed by atoms with E-state index in [1.165, 1.54) is 11.3 Å². The zero-order valence-electron chi connectivity index (χ0n) is 15.6. The zero-order valence-corrected chi connectivity index (χ0v) is 16.4. The fourth-order valence-corrected chi connectivity index (χ4v) is 4.60. The topological polar surface area (TPSA) is 67.6 Å². The summed E-state index contributed by atoms with van der Waals surface area (Å²) in [5.41, 5.74) is 0.506. The van der Waals surface area contributed by atoms with E-state index < -0.39 is 11.4 Å². The van der Waals surface area contributed by atoms with Gasteiger partial charge in [0.25, 0.3) is 0 Å². The molecule has 0 radical (unpaired) electrons. The molecule has 0 saturated carbocycles. The molecule has 0 N–H and O–H groups in total. The average Bonchev–Trinajstić information content (AvgIpc) is 3.36. The number of nitrogens with zero attached hydrogens (tertiary/aromatic N) is 4. The van der Waals surface area contributed by atoms with Gasteiger partial charge in [0.15, 0.2) is 5.78 Å². The predicted molar refractivity (Wildman–Crippen MR) is 107 cm³/mol. The van der Waals surface area contributed by atoms with Crippen LogP contribution in [0, 0.1) is 5.82 Å². The number of carbonyl (C=O) groups is 1. The van der Waals surface area contributed by atoms with Crippen LogP contribution in [0.3, 0.4) is 0 Å². The van der Waals surface area contributed by atoms with E-state index in [0.717, 1.165) is 22.9 Å². The molecular formula is C20H21FN4O2S. The van der Waals surface area contributed by atoms with Gasteiger partial charge in [-0.1, -0.05) is 48.6 Å². The molecule has 0 unspecified atom stereocenters. The van der Waals surface area contributed by atoms with Crippen molar-refractivity contribution < 1.29 is 9.18 Å². The van der Waals surface area contributed by atoms with E-state index in [9.17, 15) is 14.0 Å². The Bertz CT molecular complexity index is 1060. The number of halogens is 1. The normalized spacial score (nSPS) is 16.8. The monoisotopic (exact) mass is 400 g/mol. The summed E-state index contributed by atoms with van der Waals surface area (Å²) in [4.78, 5) is 31.6. The average molecular weight is 400 g/mol. The van der Waals surface area contributed by atoms with E-state index in [2.05, 4.69) is 10.1 Å². The fourth-order valence-electron chi connectivity index (χ4n) is 3.62. The van der Waals surface area contributed by atoms with Crippen LogP contribution in [0.4, 0.5) is 9.52 Å². The number of aromatic nitrogens is 3. The molecule has 1 aliphatic heterocycles. The summed E-state index contributed by atoms with van der Waals surface area (Å²) in [5.74, 6) is -0.685. The quantitative estimate of drug-likeness (QED) is 0.636. The third-order valence-electron chi connectivity index (χ3n) is 5.12. The SMILES string of the molecule is CCc1nc2sc(N3CCC[C@@H]3C(=O)CCc3ccccc3)nn2c(=O)c1F. The van der Waals surface area contributed by atoms with E-state index in [-0.39, 0.29) is 17.5 Å². The lowest BCUT2D eigenvalue weighted by Gasteiger charge is -2.22. The maximum Gasteiger partial charge on any atom is 0.311 e. The number of Topliss-reactive ketones (excluding diaryl/α,β-unsaturated/α-hetero) is 1. The van der Waals surface area contributed by atoms with Crippen molar-refractivity contribution >= 4 is 27.2 Å². The van der Waals surface area contributed by atoms with E-state index in [1.54, 1.807) is 6.92 Å². The summed E-state index contributed by atoms with van der Waals surface area (Å²) >= 11 is 1.23. The molecule has 3 aromatic rings. The number of rotatable bonds is 6. The summed E-state index contributed by atoms with van der Waals surface area (Å²) in [7, 11) is 0. The highest BCUT2D eigenvalue weighted by molar-refractivity contribution is 7.20. The van der Waals surface area contributed by atoms with Gasteiger partial charge in [-0.2, -0.15) is 8.91 Å². The van der Waals surface area contributed by atoms with Crippen molar-refractivity contribution in [3.63, 3.8) is 0 Å². The first kappa shape index (κ1) is 18.7. The molecule has 6 nitrogen and oxygen atoms in total. The lowest BCUT2D eigenvalue weighted by Crippen LogP contribution is -2.36. The van der Waals surface area contributed by atoms with E-state index in [4.69, 9.17) is 0 Å². The first-order chi connectivity index (χ1) is 13.6. The van der Waals surface area contributed by atoms with Gasteiger partial charge in [0.2, 0.25) is 15.9 Å². The van der Waals surface area contributed by atoms with E-state index in [0.29, 0.717) is 35.9 Å². The second kappa shape index (κ2) is 7.79. The van der Waals surface area contributed by atoms with Crippen molar-refractivity contribution in [3.8, 4) is 0 Å². The third kappa shape index (κ3) is 3.44. The first-order valence-corrected chi connectivity index (χ1v) is 10.3. The molecule has 1 aromatic carbocycles. The molecule has 1 saturated heterocycles. The Kier molecular flexibility index (Phi) is 5.21. The van der Waals surface area contributed by atoms with Crippen LogP contribution in [-0.2, 0) is 17.6 Å². The number of ketones is 1. The standard InChI is InChI=1S/C20H21FN4O2S/c1-2-14-17(21)18(27)25-19(22-14)28-20(23-25)24-12-6-9-15(24)16(26)11-10-13-7-4-3-5-8-13/h3-5,7-8,15H,2,6,9-12H2,1H3/t15-/m1/s1. The Hall–Kier alpha value is -2.61. The number of hydrogen-bond donors (Lipinski definition) is 0. The van der Waals surface area contributed by atoms with Gasteiger partial charge in [0.1, 0.15) is 0 Å². The minimum Gasteiger partial charge on any atom is -0.337 e. The van der Waals surface area contributed by atoms with Crippen LogP contribution in [0.25, 0.3) is 4.96 Å². The van der Waals surface area contributed by atoms with Gasteiger partial charge >= 0.3 is 5.56 Å². The molecule has 4 rings (SSSR count). The minimum absolute atomic E-state index is 0.150. The summed E-state index contributed by atoms with van der Waals surface area (Å²) < 4.78 is 15.1. The van der Waals surface area contributed by atoms with Crippen molar-refractivity contribution in [1.29, 1.82) is 0 Å². The van der Waals surface area contributed by atoms with Crippen LogP contribution < -0.4 is 10.5 Å². The summed E-state index contributed by atoms with van der Waals surface area (Å²) in [6.07, 6.45) is 3.16. The highest BCUT2D eigenvalue weighted by Crippen LogP contribution is 2.30. The van der Waals surface area contributed by atoms with Crippen molar-refractivity contribution in [2.45, 2.75) is 45.1 Å².